The van der Waals surface area contributed by atoms with Crippen molar-refractivity contribution in [3.63, 3.8) is 0 Å². The van der Waals surface area contributed by atoms with Crippen molar-refractivity contribution >= 4 is 13.8 Å². The van der Waals surface area contributed by atoms with Crippen LogP contribution in [0.4, 0.5) is 0 Å². The molecule has 0 aliphatic heterocycles. The van der Waals surface area contributed by atoms with E-state index < -0.39 is 13.9 Å². The summed E-state index contributed by atoms with van der Waals surface area (Å²) in [6, 6.07) is 0. The molecule has 322 valence electrons. The number of allylic oxidation sites excluding steroid dienone is 14. The number of phosphoric ester groups is 1. The van der Waals surface area contributed by atoms with E-state index in [2.05, 4.69) is 98.9 Å². The minimum Gasteiger partial charge on any atom is -0.457 e. The summed E-state index contributed by atoms with van der Waals surface area (Å²) in [5.74, 6) is -0.353. The topological polar surface area (TPSA) is 91.3 Å². The van der Waals surface area contributed by atoms with Crippen LogP contribution in [0.15, 0.2) is 85.1 Å². The molecule has 0 aromatic carbocycles. The number of unbranched alkanes of at least 4 members (excludes halogenated alkanes) is 11. The summed E-state index contributed by atoms with van der Waals surface area (Å²) < 4.78 is 34.9. The molecule has 0 rings (SSSR count). The molecule has 0 heterocycles. The van der Waals surface area contributed by atoms with Gasteiger partial charge >= 0.3 is 13.8 Å². The van der Waals surface area contributed by atoms with Gasteiger partial charge in [0.15, 0.2) is 0 Å². The Morgan fingerprint density at radius 2 is 1.04 bits per heavy atom. The van der Waals surface area contributed by atoms with Gasteiger partial charge in [-0.3, -0.25) is 13.8 Å². The van der Waals surface area contributed by atoms with Gasteiger partial charge in [-0.1, -0.05) is 144 Å². The second kappa shape index (κ2) is 39.5. The molecule has 0 radical (unpaired) electrons. The van der Waals surface area contributed by atoms with Gasteiger partial charge in [-0.2, -0.15) is 0 Å². The van der Waals surface area contributed by atoms with Gasteiger partial charge in [0.1, 0.15) is 19.3 Å². The minimum absolute atomic E-state index is 0.0747. The van der Waals surface area contributed by atoms with E-state index in [0.717, 1.165) is 89.9 Å². The molecule has 0 aliphatic rings. The van der Waals surface area contributed by atoms with Gasteiger partial charge in [0.05, 0.1) is 34.4 Å². The summed E-state index contributed by atoms with van der Waals surface area (Å²) in [6.45, 7) is 5.37. The quantitative estimate of drug-likeness (QED) is 0.0217. The first-order valence-electron chi connectivity index (χ1n) is 21.8. The summed E-state index contributed by atoms with van der Waals surface area (Å²) in [7, 11) is 1.62. The van der Waals surface area contributed by atoms with Crippen molar-refractivity contribution in [1.82, 2.24) is 0 Å². The van der Waals surface area contributed by atoms with Crippen molar-refractivity contribution in [2.45, 2.75) is 155 Å². The van der Waals surface area contributed by atoms with Crippen molar-refractivity contribution in [3.8, 4) is 0 Å². The molecular formula is C47H83NO7P+. The largest absolute Gasteiger partial charge is 0.472 e. The lowest BCUT2D eigenvalue weighted by molar-refractivity contribution is -0.870. The number of hydrogen-bond donors (Lipinski definition) is 1. The Labute approximate surface area is 344 Å². The molecule has 0 amide bonds. The molecule has 0 aromatic rings. The van der Waals surface area contributed by atoms with Crippen molar-refractivity contribution < 1.29 is 37.3 Å². The second-order valence-corrected chi connectivity index (χ2v) is 16.8. The van der Waals surface area contributed by atoms with Gasteiger partial charge in [0.2, 0.25) is 0 Å². The van der Waals surface area contributed by atoms with Crippen LogP contribution in [0.5, 0.6) is 0 Å². The van der Waals surface area contributed by atoms with Crippen molar-refractivity contribution in [3.05, 3.63) is 85.1 Å². The number of carbonyl (C=O) groups is 1. The lowest BCUT2D eigenvalue weighted by Gasteiger charge is -2.24. The zero-order valence-corrected chi connectivity index (χ0v) is 37.2. The molecule has 1 N–H and O–H groups in total. The number of ether oxygens (including phenoxy) is 2. The monoisotopic (exact) mass is 805 g/mol. The van der Waals surface area contributed by atoms with Crippen LogP contribution in [0.2, 0.25) is 0 Å². The highest BCUT2D eigenvalue weighted by Crippen LogP contribution is 2.43. The standard InChI is InChI=1S/C47H82NO7P/c1-6-8-10-12-14-16-18-20-22-23-24-25-26-28-30-32-34-36-38-40-47(49)55-46(45-54-56(50,51)53-43-41-48(3,4)5)44-52-42-39-37-35-33-31-29-27-21-19-17-15-13-11-9-7-2/h8,10,13-16,19-22,24-25,28,30,46H,6-7,9,11-12,17-18,23,26-27,29,31-45H2,1-5H3/p+1/b10-8-,15-13-,16-14-,21-19-,22-20-,25-24-,30-28-. The Kier molecular flexibility index (Phi) is 37.9. The number of hydrogen-bond acceptors (Lipinski definition) is 6. The van der Waals surface area contributed by atoms with Crippen LogP contribution in [0, 0.1) is 0 Å². The summed E-state index contributed by atoms with van der Waals surface area (Å²) in [5, 5.41) is 0. The molecule has 0 aromatic heterocycles. The molecular weight excluding hydrogens is 721 g/mol. The molecule has 0 saturated heterocycles. The number of carbonyl (C=O) groups excluding carboxylic acids is 1. The summed E-state index contributed by atoms with van der Waals surface area (Å²) in [4.78, 5) is 22.9. The Bertz CT molecular complexity index is 1170. The predicted molar refractivity (Wildman–Crippen MR) is 238 cm³/mol. The minimum atomic E-state index is -4.29. The summed E-state index contributed by atoms with van der Waals surface area (Å²) >= 11 is 0. The maximum absolute atomic E-state index is 12.7. The fraction of sp³-hybridized carbons (Fsp3) is 0.681. The van der Waals surface area contributed by atoms with Gasteiger partial charge in [-0.15, -0.1) is 0 Å². The Morgan fingerprint density at radius 1 is 0.571 bits per heavy atom. The fourth-order valence-corrected chi connectivity index (χ4v) is 6.04. The van der Waals surface area contributed by atoms with Crippen LogP contribution in [0.3, 0.4) is 0 Å². The third kappa shape index (κ3) is 42.8. The smallest absolute Gasteiger partial charge is 0.457 e. The second-order valence-electron chi connectivity index (χ2n) is 15.3. The molecule has 0 bridgehead atoms. The van der Waals surface area contributed by atoms with E-state index in [1.54, 1.807) is 0 Å². The van der Waals surface area contributed by atoms with E-state index in [9.17, 15) is 14.3 Å². The first-order chi connectivity index (χ1) is 27.1. The normalized spacial score (nSPS) is 14.6. The Morgan fingerprint density at radius 3 is 1.55 bits per heavy atom. The van der Waals surface area contributed by atoms with E-state index in [-0.39, 0.29) is 32.2 Å². The molecule has 0 aliphatic carbocycles. The molecule has 2 atom stereocenters. The van der Waals surface area contributed by atoms with Crippen LogP contribution in [0.1, 0.15) is 149 Å². The van der Waals surface area contributed by atoms with E-state index in [0.29, 0.717) is 17.6 Å². The lowest BCUT2D eigenvalue weighted by Crippen LogP contribution is -2.37. The highest BCUT2D eigenvalue weighted by atomic mass is 31.2. The molecule has 9 heteroatoms. The van der Waals surface area contributed by atoms with Crippen LogP contribution >= 0.6 is 7.82 Å². The molecule has 2 unspecified atom stereocenters. The highest BCUT2D eigenvalue weighted by molar-refractivity contribution is 7.47. The Balaban J connectivity index is 4.35. The van der Waals surface area contributed by atoms with E-state index >= 15 is 0 Å². The fourth-order valence-electron chi connectivity index (χ4n) is 5.30. The van der Waals surface area contributed by atoms with Gasteiger partial charge in [0, 0.05) is 13.0 Å². The van der Waals surface area contributed by atoms with Gasteiger partial charge in [-0.25, -0.2) is 4.57 Å². The Hall–Kier alpha value is -2.32. The van der Waals surface area contributed by atoms with Gasteiger partial charge in [0.25, 0.3) is 0 Å². The van der Waals surface area contributed by atoms with Crippen LogP contribution in [-0.2, 0) is 27.9 Å². The predicted octanol–water partition coefficient (Wildman–Crippen LogP) is 12.9. The zero-order valence-electron chi connectivity index (χ0n) is 36.3. The van der Waals surface area contributed by atoms with Crippen molar-refractivity contribution in [2.24, 2.45) is 0 Å². The average Bonchev–Trinajstić information content (AvgIpc) is 3.15. The van der Waals surface area contributed by atoms with E-state index in [4.69, 9.17) is 18.5 Å². The molecule has 0 fully saturated rings. The third-order valence-electron chi connectivity index (χ3n) is 8.69. The van der Waals surface area contributed by atoms with Crippen LogP contribution < -0.4 is 0 Å². The number of phosphoric acid groups is 1. The summed E-state index contributed by atoms with van der Waals surface area (Å²) in [6.07, 6.45) is 51.9. The molecule has 0 spiro atoms. The molecule has 56 heavy (non-hydrogen) atoms. The van der Waals surface area contributed by atoms with Crippen LogP contribution in [-0.4, -0.2) is 75.6 Å². The van der Waals surface area contributed by atoms with Crippen molar-refractivity contribution in [1.29, 1.82) is 0 Å². The number of esters is 1. The number of likely N-dealkylation sites (N-methyl/N-ethyl adjacent to an activating group) is 1. The number of nitrogens with zero attached hydrogens (tertiary/aromatic N) is 1. The first-order valence-corrected chi connectivity index (χ1v) is 23.3. The van der Waals surface area contributed by atoms with E-state index in [1.165, 1.54) is 38.5 Å². The number of quaternary nitrogens is 1. The van der Waals surface area contributed by atoms with Gasteiger partial charge in [-0.05, 0) is 83.5 Å². The van der Waals surface area contributed by atoms with Crippen molar-refractivity contribution in [2.75, 3.05) is 54.1 Å². The third-order valence-corrected chi connectivity index (χ3v) is 9.67. The summed E-state index contributed by atoms with van der Waals surface area (Å²) in [5.41, 5.74) is 0. The maximum atomic E-state index is 12.7. The molecule has 8 nitrogen and oxygen atoms in total. The lowest BCUT2D eigenvalue weighted by atomic mass is 10.1. The van der Waals surface area contributed by atoms with Gasteiger partial charge < -0.3 is 18.9 Å². The molecule has 0 saturated carbocycles. The first kappa shape index (κ1) is 53.7. The zero-order chi connectivity index (χ0) is 41.3. The van der Waals surface area contributed by atoms with Crippen LogP contribution in [0.25, 0.3) is 0 Å². The van der Waals surface area contributed by atoms with E-state index in [1.807, 2.05) is 21.1 Å². The maximum Gasteiger partial charge on any atom is 0.472 e. The SMILES string of the molecule is CC/C=C\C/C=C\C/C=C\C/C=C\C/C=C\CCCCCC(=O)OC(COCCCCCCCC/C=C\C/C=C\CCCC)COP(=O)(O)OCC[N+](C)(C)C. The average molecular weight is 805 g/mol. The highest BCUT2D eigenvalue weighted by Gasteiger charge is 2.26. The number of rotatable bonds is 39.